The Morgan fingerprint density at radius 3 is 2.43 bits per heavy atom. The summed E-state index contributed by atoms with van der Waals surface area (Å²) in [4.78, 5) is 12.7. The van der Waals surface area contributed by atoms with Gasteiger partial charge in [-0.3, -0.25) is 4.79 Å². The second kappa shape index (κ2) is 9.65. The van der Waals surface area contributed by atoms with Gasteiger partial charge in [-0.25, -0.2) is 0 Å². The molecule has 5 nitrogen and oxygen atoms in total. The van der Waals surface area contributed by atoms with Crippen LogP contribution in [0.25, 0.3) is 0 Å². The van der Waals surface area contributed by atoms with Crippen molar-refractivity contribution in [3.8, 4) is 0 Å². The molecule has 2 N–H and O–H groups in total. The molecule has 30 heavy (non-hydrogen) atoms. The van der Waals surface area contributed by atoms with Gasteiger partial charge in [-0.1, -0.05) is 48.0 Å². The van der Waals surface area contributed by atoms with Gasteiger partial charge in [0.15, 0.2) is 5.76 Å². The van der Waals surface area contributed by atoms with Crippen molar-refractivity contribution in [2.24, 2.45) is 0 Å². The molecule has 0 bridgehead atoms. The Morgan fingerprint density at radius 2 is 1.80 bits per heavy atom. The van der Waals surface area contributed by atoms with Crippen molar-refractivity contribution >= 4 is 17.5 Å². The smallest absolute Gasteiger partial charge is 0.286 e. The maximum absolute atomic E-state index is 12.7. The first-order valence-electron chi connectivity index (χ1n) is 10.4. The minimum atomic E-state index is -0.532. The van der Waals surface area contributed by atoms with Crippen LogP contribution in [0.3, 0.4) is 0 Å². The fourth-order valence-electron chi connectivity index (χ4n) is 3.60. The van der Waals surface area contributed by atoms with Crippen LogP contribution in [0.4, 0.5) is 0 Å². The number of nitrogens with one attached hydrogen (secondary N) is 1. The number of carbonyl (C=O) groups is 1. The van der Waals surface area contributed by atoms with Gasteiger partial charge in [0.05, 0.1) is 13.2 Å². The zero-order valence-corrected chi connectivity index (χ0v) is 17.5. The number of amides is 1. The third kappa shape index (κ3) is 5.22. The fraction of sp³-hybridized carbons (Fsp3) is 0.375. The number of carbonyl (C=O) groups excluding carboxylic acids is 1. The number of aliphatic hydroxyl groups excluding tert-OH is 1. The molecule has 2 aromatic carbocycles. The largest absolute Gasteiger partial charge is 0.459 e. The van der Waals surface area contributed by atoms with E-state index in [1.165, 1.54) is 0 Å². The van der Waals surface area contributed by atoms with Crippen molar-refractivity contribution in [2.75, 3.05) is 0 Å². The van der Waals surface area contributed by atoms with Crippen LogP contribution in [-0.4, -0.2) is 23.3 Å². The molecule has 0 radical (unpaired) electrons. The Kier molecular flexibility index (Phi) is 6.72. The Labute approximate surface area is 181 Å². The normalized spacial score (nSPS) is 21.3. The number of halogens is 1. The van der Waals surface area contributed by atoms with E-state index in [1.54, 1.807) is 0 Å². The van der Waals surface area contributed by atoms with Gasteiger partial charge in [-0.2, -0.15) is 0 Å². The molecule has 2 aliphatic rings. The Balaban J connectivity index is 1.46. The minimum Gasteiger partial charge on any atom is -0.459 e. The fourth-order valence-corrected chi connectivity index (χ4v) is 3.73. The SMILES string of the molecule is O=C(NC1CCC1)C1=C[C@H](c2ccc(Cl)cc2)C[C@H](OCc2ccc(CO)cc2)O1. The van der Waals surface area contributed by atoms with Crippen molar-refractivity contribution < 1.29 is 19.4 Å². The number of allylic oxidation sites excluding steroid dienone is 1. The molecule has 158 valence electrons. The van der Waals surface area contributed by atoms with E-state index in [1.807, 2.05) is 54.6 Å². The zero-order chi connectivity index (χ0) is 20.9. The lowest BCUT2D eigenvalue weighted by Gasteiger charge is -2.31. The van der Waals surface area contributed by atoms with Crippen molar-refractivity contribution in [3.05, 3.63) is 82.1 Å². The number of hydrogen-bond donors (Lipinski definition) is 2. The lowest BCUT2D eigenvalue weighted by atomic mass is 9.91. The summed E-state index contributed by atoms with van der Waals surface area (Å²) >= 11 is 6.03. The molecular formula is C24H26ClNO4. The molecule has 1 saturated carbocycles. The van der Waals surface area contributed by atoms with E-state index < -0.39 is 6.29 Å². The Hall–Kier alpha value is -2.34. The van der Waals surface area contributed by atoms with E-state index in [0.717, 1.165) is 36.0 Å². The van der Waals surface area contributed by atoms with E-state index in [4.69, 9.17) is 21.1 Å². The highest BCUT2D eigenvalue weighted by atomic mass is 35.5. The molecule has 1 aliphatic carbocycles. The number of hydrogen-bond acceptors (Lipinski definition) is 4. The summed E-state index contributed by atoms with van der Waals surface area (Å²) in [5.41, 5.74) is 2.90. The van der Waals surface area contributed by atoms with Crippen LogP contribution < -0.4 is 5.32 Å². The van der Waals surface area contributed by atoms with Gasteiger partial charge in [0.1, 0.15) is 0 Å². The molecular weight excluding hydrogens is 402 g/mol. The predicted octanol–water partition coefficient (Wildman–Crippen LogP) is 4.43. The summed E-state index contributed by atoms with van der Waals surface area (Å²) in [5.74, 6) is 0.132. The van der Waals surface area contributed by atoms with E-state index in [2.05, 4.69) is 5.32 Å². The van der Waals surface area contributed by atoms with Crippen LogP contribution in [0.2, 0.25) is 5.02 Å². The monoisotopic (exact) mass is 427 g/mol. The topological polar surface area (TPSA) is 67.8 Å². The number of benzene rings is 2. The first kappa shape index (κ1) is 20.9. The molecule has 0 unspecified atom stereocenters. The van der Waals surface area contributed by atoms with E-state index in [0.29, 0.717) is 23.8 Å². The lowest BCUT2D eigenvalue weighted by molar-refractivity contribution is -0.150. The van der Waals surface area contributed by atoms with Crippen LogP contribution >= 0.6 is 11.6 Å². The van der Waals surface area contributed by atoms with Crippen LogP contribution in [0.15, 0.2) is 60.4 Å². The van der Waals surface area contributed by atoms with Gasteiger partial charge in [-0.05, 0) is 54.2 Å². The molecule has 0 saturated heterocycles. The van der Waals surface area contributed by atoms with Crippen LogP contribution in [0.5, 0.6) is 0 Å². The maximum Gasteiger partial charge on any atom is 0.286 e. The molecule has 1 fully saturated rings. The highest BCUT2D eigenvalue weighted by Crippen LogP contribution is 2.33. The van der Waals surface area contributed by atoms with Crippen molar-refractivity contribution in [2.45, 2.75) is 57.1 Å². The summed E-state index contributed by atoms with van der Waals surface area (Å²) in [6.45, 7) is 0.376. The third-order valence-electron chi connectivity index (χ3n) is 5.66. The van der Waals surface area contributed by atoms with Crippen molar-refractivity contribution in [1.82, 2.24) is 5.32 Å². The maximum atomic E-state index is 12.7. The van der Waals surface area contributed by atoms with E-state index in [9.17, 15) is 9.90 Å². The van der Waals surface area contributed by atoms with Crippen molar-refractivity contribution in [3.63, 3.8) is 0 Å². The highest BCUT2D eigenvalue weighted by molar-refractivity contribution is 6.30. The third-order valence-corrected chi connectivity index (χ3v) is 5.91. The first-order chi connectivity index (χ1) is 14.6. The summed E-state index contributed by atoms with van der Waals surface area (Å²) < 4.78 is 11.9. The molecule has 0 aromatic heterocycles. The number of aliphatic hydroxyl groups is 1. The van der Waals surface area contributed by atoms with Gasteiger partial charge >= 0.3 is 0 Å². The lowest BCUT2D eigenvalue weighted by Crippen LogP contribution is -2.42. The van der Waals surface area contributed by atoms with Gasteiger partial charge in [-0.15, -0.1) is 0 Å². The molecule has 0 spiro atoms. The average molecular weight is 428 g/mol. The molecule has 6 heteroatoms. The molecule has 2 atom stereocenters. The first-order valence-corrected chi connectivity index (χ1v) is 10.7. The van der Waals surface area contributed by atoms with Gasteiger partial charge < -0.3 is 19.9 Å². The van der Waals surface area contributed by atoms with E-state index in [-0.39, 0.29) is 24.5 Å². The second-order valence-electron chi connectivity index (χ2n) is 7.86. The average Bonchev–Trinajstić information content (AvgIpc) is 2.75. The standard InChI is InChI=1S/C24H26ClNO4/c25-20-10-8-18(9-11-20)19-12-22(24(28)26-21-2-1-3-21)30-23(13-19)29-15-17-6-4-16(14-27)5-7-17/h4-12,19,21,23,27H,1-3,13-15H2,(H,26,28)/t19-,23+/m0/s1. The molecule has 1 amide bonds. The minimum absolute atomic E-state index is 0.0000721. The van der Waals surface area contributed by atoms with Crippen LogP contribution in [0, 0.1) is 0 Å². The number of rotatable bonds is 7. The quantitative estimate of drug-likeness (QED) is 0.685. The van der Waals surface area contributed by atoms with Gasteiger partial charge in [0.25, 0.3) is 5.91 Å². The summed E-state index contributed by atoms with van der Waals surface area (Å²) in [6.07, 6.45) is 5.14. The summed E-state index contributed by atoms with van der Waals surface area (Å²) in [5, 5.41) is 12.9. The van der Waals surface area contributed by atoms with Gasteiger partial charge in [0.2, 0.25) is 6.29 Å². The highest BCUT2D eigenvalue weighted by Gasteiger charge is 2.30. The summed E-state index contributed by atoms with van der Waals surface area (Å²) in [7, 11) is 0. The Bertz CT molecular complexity index is 890. The molecule has 1 aliphatic heterocycles. The van der Waals surface area contributed by atoms with Gasteiger partial charge in [0, 0.05) is 23.4 Å². The van der Waals surface area contributed by atoms with Crippen molar-refractivity contribution in [1.29, 1.82) is 0 Å². The number of ether oxygens (including phenoxy) is 2. The Morgan fingerprint density at radius 1 is 1.10 bits per heavy atom. The summed E-state index contributed by atoms with van der Waals surface area (Å²) in [6, 6.07) is 15.5. The predicted molar refractivity (Wildman–Crippen MR) is 115 cm³/mol. The molecule has 1 heterocycles. The van der Waals surface area contributed by atoms with Crippen LogP contribution in [0.1, 0.15) is 48.3 Å². The molecule has 4 rings (SSSR count). The molecule has 2 aromatic rings. The second-order valence-corrected chi connectivity index (χ2v) is 8.30. The zero-order valence-electron chi connectivity index (χ0n) is 16.7. The van der Waals surface area contributed by atoms with E-state index >= 15 is 0 Å². The van der Waals surface area contributed by atoms with Crippen LogP contribution in [-0.2, 0) is 27.5 Å².